The first-order valence-electron chi connectivity index (χ1n) is 9.85. The van der Waals surface area contributed by atoms with Gasteiger partial charge in [0.25, 0.3) is 5.91 Å². The Balaban J connectivity index is 1.34. The third-order valence-electron chi connectivity index (χ3n) is 5.91. The van der Waals surface area contributed by atoms with Gasteiger partial charge in [0.05, 0.1) is 5.60 Å². The summed E-state index contributed by atoms with van der Waals surface area (Å²) in [4.78, 5) is 37.7. The number of nitrogens with one attached hydrogen (secondary N) is 3. The molecule has 2 saturated heterocycles. The zero-order chi connectivity index (χ0) is 19.7. The van der Waals surface area contributed by atoms with Crippen LogP contribution in [0.15, 0.2) is 18.2 Å². The molecule has 8 heteroatoms. The van der Waals surface area contributed by atoms with Crippen LogP contribution < -0.4 is 16.0 Å². The molecule has 0 spiro atoms. The molecule has 0 radical (unpaired) electrons. The van der Waals surface area contributed by atoms with E-state index in [9.17, 15) is 19.5 Å². The SMILES string of the molecule is O=C1CCC(N2Cc3cc(CNCCC4(O)CCNC4)ccc3C2=O)C(=O)N1. The zero-order valence-electron chi connectivity index (χ0n) is 15.8. The Hall–Kier alpha value is -2.29. The first kappa shape index (κ1) is 19.0. The van der Waals surface area contributed by atoms with E-state index in [0.717, 1.165) is 30.6 Å². The summed E-state index contributed by atoms with van der Waals surface area (Å²) in [5.41, 5.74) is 1.99. The van der Waals surface area contributed by atoms with Crippen molar-refractivity contribution in [2.75, 3.05) is 19.6 Å². The number of piperidine rings is 1. The molecule has 3 heterocycles. The lowest BCUT2D eigenvalue weighted by Gasteiger charge is -2.29. The van der Waals surface area contributed by atoms with Crippen molar-refractivity contribution < 1.29 is 19.5 Å². The van der Waals surface area contributed by atoms with E-state index in [-0.39, 0.29) is 18.2 Å². The van der Waals surface area contributed by atoms with Gasteiger partial charge in [-0.1, -0.05) is 12.1 Å². The lowest BCUT2D eigenvalue weighted by Crippen LogP contribution is -2.52. The molecule has 0 saturated carbocycles. The Morgan fingerprint density at radius 2 is 2.14 bits per heavy atom. The van der Waals surface area contributed by atoms with Crippen molar-refractivity contribution in [3.05, 3.63) is 34.9 Å². The monoisotopic (exact) mass is 386 g/mol. The number of rotatable bonds is 6. The highest BCUT2D eigenvalue weighted by atomic mass is 16.3. The van der Waals surface area contributed by atoms with Crippen LogP contribution in [0.1, 0.15) is 47.2 Å². The number of hydrogen-bond donors (Lipinski definition) is 4. The number of hydrogen-bond acceptors (Lipinski definition) is 6. The van der Waals surface area contributed by atoms with Gasteiger partial charge >= 0.3 is 0 Å². The maximum absolute atomic E-state index is 12.7. The molecular weight excluding hydrogens is 360 g/mol. The summed E-state index contributed by atoms with van der Waals surface area (Å²) in [6, 6.07) is 5.15. The molecule has 2 atom stereocenters. The van der Waals surface area contributed by atoms with Gasteiger partial charge in [-0.05, 0) is 49.5 Å². The standard InChI is InChI=1S/C20H26N4O4/c25-17-4-3-16(18(26)23-17)24-11-14-9-13(1-2-15(14)19(24)27)10-21-7-5-20(28)6-8-22-12-20/h1-2,9,16,21-22,28H,3-8,10-12H2,(H,23,25,26). The summed E-state index contributed by atoms with van der Waals surface area (Å²) >= 11 is 0. The topological polar surface area (TPSA) is 111 Å². The first-order valence-corrected chi connectivity index (χ1v) is 9.85. The van der Waals surface area contributed by atoms with Gasteiger partial charge in [0.1, 0.15) is 6.04 Å². The van der Waals surface area contributed by atoms with Gasteiger partial charge < -0.3 is 20.6 Å². The molecule has 0 bridgehead atoms. The molecule has 3 aliphatic heterocycles. The Kier molecular flexibility index (Phi) is 5.18. The minimum absolute atomic E-state index is 0.153. The number of aliphatic hydroxyl groups is 1. The highest BCUT2D eigenvalue weighted by molar-refractivity contribution is 6.05. The van der Waals surface area contributed by atoms with Crippen LogP contribution in [0.25, 0.3) is 0 Å². The molecule has 0 aromatic heterocycles. The van der Waals surface area contributed by atoms with Gasteiger partial charge in [0, 0.05) is 31.6 Å². The summed E-state index contributed by atoms with van der Waals surface area (Å²) in [7, 11) is 0. The number of carbonyl (C=O) groups excluding carboxylic acids is 3. The Labute approximate surface area is 163 Å². The molecule has 1 aromatic rings. The molecule has 0 aliphatic carbocycles. The minimum atomic E-state index is -0.611. The Morgan fingerprint density at radius 1 is 1.29 bits per heavy atom. The molecule has 2 unspecified atom stereocenters. The summed E-state index contributed by atoms with van der Waals surface area (Å²) in [5, 5.41) is 19.2. The van der Waals surface area contributed by atoms with Gasteiger partial charge in [-0.15, -0.1) is 0 Å². The number of amides is 3. The summed E-state index contributed by atoms with van der Waals surface area (Å²) in [6.45, 7) is 3.27. The number of carbonyl (C=O) groups is 3. The fourth-order valence-electron chi connectivity index (χ4n) is 4.24. The van der Waals surface area contributed by atoms with Gasteiger partial charge in [0.2, 0.25) is 11.8 Å². The molecule has 3 aliphatic rings. The van der Waals surface area contributed by atoms with E-state index in [2.05, 4.69) is 16.0 Å². The summed E-state index contributed by atoms with van der Waals surface area (Å²) in [5.74, 6) is -0.824. The number of benzene rings is 1. The van der Waals surface area contributed by atoms with Crippen LogP contribution in [0, 0.1) is 0 Å². The second-order valence-corrected chi connectivity index (χ2v) is 7.97. The lowest BCUT2D eigenvalue weighted by molar-refractivity contribution is -0.136. The third kappa shape index (κ3) is 3.80. The van der Waals surface area contributed by atoms with Crippen LogP contribution in [0.2, 0.25) is 0 Å². The summed E-state index contributed by atoms with van der Waals surface area (Å²) in [6.07, 6.45) is 2.11. The van der Waals surface area contributed by atoms with Crippen molar-refractivity contribution in [3.63, 3.8) is 0 Å². The van der Waals surface area contributed by atoms with Crippen LogP contribution in [-0.4, -0.2) is 59.0 Å². The highest BCUT2D eigenvalue weighted by Gasteiger charge is 2.39. The van der Waals surface area contributed by atoms with Crippen molar-refractivity contribution >= 4 is 17.7 Å². The average Bonchev–Trinajstić information content (AvgIpc) is 3.23. The smallest absolute Gasteiger partial charge is 0.255 e. The molecule has 8 nitrogen and oxygen atoms in total. The van der Waals surface area contributed by atoms with Crippen LogP contribution in [0.5, 0.6) is 0 Å². The molecule has 2 fully saturated rings. The molecule has 28 heavy (non-hydrogen) atoms. The van der Waals surface area contributed by atoms with E-state index >= 15 is 0 Å². The number of fused-ring (bicyclic) bond motifs is 1. The predicted molar refractivity (Wildman–Crippen MR) is 101 cm³/mol. The van der Waals surface area contributed by atoms with Gasteiger partial charge in [0.15, 0.2) is 0 Å². The Bertz CT molecular complexity index is 803. The van der Waals surface area contributed by atoms with E-state index in [0.29, 0.717) is 38.0 Å². The average molecular weight is 386 g/mol. The van der Waals surface area contributed by atoms with Crippen LogP contribution in [0.3, 0.4) is 0 Å². The van der Waals surface area contributed by atoms with Crippen molar-refractivity contribution in [3.8, 4) is 0 Å². The van der Waals surface area contributed by atoms with E-state index in [4.69, 9.17) is 0 Å². The van der Waals surface area contributed by atoms with E-state index in [1.807, 2.05) is 18.2 Å². The van der Waals surface area contributed by atoms with E-state index in [1.54, 1.807) is 4.90 Å². The van der Waals surface area contributed by atoms with Crippen molar-refractivity contribution in [1.29, 1.82) is 0 Å². The zero-order valence-corrected chi connectivity index (χ0v) is 15.8. The quantitative estimate of drug-likeness (QED) is 0.393. The molecule has 4 N–H and O–H groups in total. The molecule has 4 rings (SSSR count). The van der Waals surface area contributed by atoms with Crippen molar-refractivity contribution in [2.45, 2.75) is 50.4 Å². The van der Waals surface area contributed by atoms with Crippen molar-refractivity contribution in [1.82, 2.24) is 20.9 Å². The first-order chi connectivity index (χ1) is 13.5. The maximum atomic E-state index is 12.7. The van der Waals surface area contributed by atoms with Crippen LogP contribution in [-0.2, 0) is 22.7 Å². The largest absolute Gasteiger partial charge is 0.388 e. The van der Waals surface area contributed by atoms with Gasteiger partial charge in [-0.2, -0.15) is 0 Å². The third-order valence-corrected chi connectivity index (χ3v) is 5.91. The van der Waals surface area contributed by atoms with Crippen molar-refractivity contribution in [2.24, 2.45) is 0 Å². The fourth-order valence-corrected chi connectivity index (χ4v) is 4.24. The molecular formula is C20H26N4O4. The Morgan fingerprint density at radius 3 is 2.89 bits per heavy atom. The summed E-state index contributed by atoms with van der Waals surface area (Å²) < 4.78 is 0. The second-order valence-electron chi connectivity index (χ2n) is 7.97. The minimum Gasteiger partial charge on any atom is -0.388 e. The van der Waals surface area contributed by atoms with Crippen LogP contribution in [0.4, 0.5) is 0 Å². The molecule has 1 aromatic carbocycles. The van der Waals surface area contributed by atoms with Crippen LogP contribution >= 0.6 is 0 Å². The number of β-amino-alcohol motifs (C(OH)–C–C–N with tert-alkyl or cyclic N) is 1. The predicted octanol–water partition coefficient (Wildman–Crippen LogP) is -0.348. The molecule has 150 valence electrons. The fraction of sp³-hybridized carbons (Fsp3) is 0.550. The highest BCUT2D eigenvalue weighted by Crippen LogP contribution is 2.28. The number of nitrogens with zero attached hydrogens (tertiary/aromatic N) is 1. The second kappa shape index (κ2) is 7.62. The maximum Gasteiger partial charge on any atom is 0.255 e. The van der Waals surface area contributed by atoms with Gasteiger partial charge in [-0.25, -0.2) is 0 Å². The number of imide groups is 1. The van der Waals surface area contributed by atoms with E-state index < -0.39 is 17.6 Å². The molecule has 3 amide bonds. The van der Waals surface area contributed by atoms with E-state index in [1.165, 1.54) is 0 Å². The van der Waals surface area contributed by atoms with Gasteiger partial charge in [-0.3, -0.25) is 19.7 Å². The lowest BCUT2D eigenvalue weighted by atomic mass is 9.99. The normalized spacial score (nSPS) is 27.2.